The van der Waals surface area contributed by atoms with Gasteiger partial charge in [-0.1, -0.05) is 34.8 Å². The van der Waals surface area contributed by atoms with E-state index in [2.05, 4.69) is 16.0 Å². The van der Waals surface area contributed by atoms with E-state index >= 15 is 0 Å². The summed E-state index contributed by atoms with van der Waals surface area (Å²) in [7, 11) is 0. The van der Waals surface area contributed by atoms with Gasteiger partial charge in [-0.3, -0.25) is 10.7 Å². The highest BCUT2D eigenvalue weighted by Crippen LogP contribution is 2.33. The number of urea groups is 1. The van der Waals surface area contributed by atoms with Crippen LogP contribution in [0, 0.1) is 5.41 Å². The number of hydrogen-bond acceptors (Lipinski definition) is 2. The number of carbonyl (C=O) groups is 1. The summed E-state index contributed by atoms with van der Waals surface area (Å²) in [4.78, 5) is 11.6. The Morgan fingerprint density at radius 3 is 2.35 bits per heavy atom. The lowest BCUT2D eigenvalue weighted by molar-refractivity contribution is 0.236. The van der Waals surface area contributed by atoms with E-state index < -0.39 is 11.6 Å². The summed E-state index contributed by atoms with van der Waals surface area (Å²) in [6.07, 6.45) is 0. The number of guanidine groups is 1. The molecule has 0 spiro atoms. The largest absolute Gasteiger partial charge is 0.333 e. The van der Waals surface area contributed by atoms with Crippen molar-refractivity contribution in [1.29, 1.82) is 5.41 Å². The Bertz CT molecular complexity index is 540. The molecule has 0 aromatic heterocycles. The summed E-state index contributed by atoms with van der Waals surface area (Å²) < 4.78 is 0. The normalized spacial score (nSPS) is 10.9. The topological polar surface area (TPSA) is 77.0 Å². The van der Waals surface area contributed by atoms with Gasteiger partial charge in [0.1, 0.15) is 0 Å². The summed E-state index contributed by atoms with van der Waals surface area (Å²) in [5.41, 5.74) is -0.0632. The lowest BCUT2D eigenvalue weighted by Gasteiger charge is -2.21. The van der Waals surface area contributed by atoms with Crippen molar-refractivity contribution >= 4 is 52.5 Å². The fraction of sp³-hybridized carbons (Fsp3) is 0.333. The second-order valence-corrected chi connectivity index (χ2v) is 6.30. The molecule has 20 heavy (non-hydrogen) atoms. The smallest absolute Gasteiger partial charge is 0.321 e. The van der Waals surface area contributed by atoms with Crippen LogP contribution in [-0.2, 0) is 0 Å². The third-order valence-corrected chi connectivity index (χ3v) is 3.00. The Morgan fingerprint density at radius 1 is 1.20 bits per heavy atom. The highest BCUT2D eigenvalue weighted by molar-refractivity contribution is 6.45. The van der Waals surface area contributed by atoms with Gasteiger partial charge in [-0.2, -0.15) is 0 Å². The van der Waals surface area contributed by atoms with Crippen LogP contribution in [-0.4, -0.2) is 17.5 Å². The second kappa shape index (κ2) is 6.52. The molecule has 1 rings (SSSR count). The number of anilines is 1. The Labute approximate surface area is 132 Å². The van der Waals surface area contributed by atoms with E-state index in [1.165, 1.54) is 12.1 Å². The van der Waals surface area contributed by atoms with Crippen LogP contribution in [0.4, 0.5) is 10.5 Å². The monoisotopic (exact) mass is 336 g/mol. The Kier molecular flexibility index (Phi) is 5.50. The Morgan fingerprint density at radius 2 is 1.80 bits per heavy atom. The van der Waals surface area contributed by atoms with Crippen LogP contribution in [0.15, 0.2) is 12.1 Å². The zero-order valence-electron chi connectivity index (χ0n) is 11.2. The maximum Gasteiger partial charge on any atom is 0.321 e. The van der Waals surface area contributed by atoms with E-state index in [1.54, 1.807) is 0 Å². The third-order valence-electron chi connectivity index (χ3n) is 1.98. The van der Waals surface area contributed by atoms with Gasteiger partial charge < -0.3 is 10.6 Å². The van der Waals surface area contributed by atoms with E-state index in [-0.39, 0.29) is 16.0 Å². The van der Waals surface area contributed by atoms with Crippen LogP contribution in [0.2, 0.25) is 15.1 Å². The molecule has 0 unspecified atom stereocenters. The van der Waals surface area contributed by atoms with Crippen LogP contribution in [0.5, 0.6) is 0 Å². The first kappa shape index (κ1) is 16.9. The fourth-order valence-corrected chi connectivity index (χ4v) is 1.95. The van der Waals surface area contributed by atoms with Crippen molar-refractivity contribution in [3.05, 3.63) is 27.2 Å². The van der Waals surface area contributed by atoms with Crippen molar-refractivity contribution in [2.45, 2.75) is 26.3 Å². The van der Waals surface area contributed by atoms with Gasteiger partial charge in [0.15, 0.2) is 0 Å². The predicted octanol–water partition coefficient (Wildman–Crippen LogP) is 4.09. The molecule has 0 aliphatic heterocycles. The van der Waals surface area contributed by atoms with Gasteiger partial charge in [-0.15, -0.1) is 0 Å². The van der Waals surface area contributed by atoms with Gasteiger partial charge in [0.2, 0.25) is 5.96 Å². The molecule has 1 aromatic rings. The summed E-state index contributed by atoms with van der Waals surface area (Å²) in [6.45, 7) is 5.49. The van der Waals surface area contributed by atoms with Crippen LogP contribution >= 0.6 is 34.8 Å². The maximum atomic E-state index is 11.6. The fourth-order valence-electron chi connectivity index (χ4n) is 1.30. The Balaban J connectivity index is 2.70. The van der Waals surface area contributed by atoms with E-state index in [4.69, 9.17) is 40.2 Å². The summed E-state index contributed by atoms with van der Waals surface area (Å²) in [6, 6.07) is 2.49. The Hall–Kier alpha value is -1.17. The molecule has 4 N–H and O–H groups in total. The van der Waals surface area contributed by atoms with Crippen LogP contribution in [0.3, 0.4) is 0 Å². The number of benzene rings is 1. The standard InChI is InChI=1S/C12H15Cl3N4O/c1-12(2,3)19-11(20)18-10(16)17-8-5-6(13)4-7(14)9(8)15/h4-5H,1-3H3,(H4,16,17,18,19,20). The zero-order valence-corrected chi connectivity index (χ0v) is 13.5. The minimum atomic E-state index is -0.501. The molecule has 1 aromatic carbocycles. The van der Waals surface area contributed by atoms with Gasteiger partial charge in [0.05, 0.1) is 15.7 Å². The SMILES string of the molecule is CC(C)(C)NC(=O)NC(=N)Nc1cc(Cl)cc(Cl)c1Cl. The summed E-state index contributed by atoms with van der Waals surface area (Å²) >= 11 is 17.7. The van der Waals surface area contributed by atoms with Crippen molar-refractivity contribution in [3.63, 3.8) is 0 Å². The third kappa shape index (κ3) is 5.45. The number of hydrogen-bond donors (Lipinski definition) is 4. The van der Waals surface area contributed by atoms with Crippen molar-refractivity contribution < 1.29 is 4.79 Å². The molecule has 2 amide bonds. The molecule has 0 saturated carbocycles. The van der Waals surface area contributed by atoms with Crippen molar-refractivity contribution in [3.8, 4) is 0 Å². The molecule has 0 saturated heterocycles. The first-order valence-corrected chi connectivity index (χ1v) is 6.81. The number of nitrogens with one attached hydrogen (secondary N) is 4. The van der Waals surface area contributed by atoms with Gasteiger partial charge in [0, 0.05) is 10.6 Å². The van der Waals surface area contributed by atoms with Gasteiger partial charge in [0.25, 0.3) is 0 Å². The van der Waals surface area contributed by atoms with E-state index in [0.29, 0.717) is 10.7 Å². The highest BCUT2D eigenvalue weighted by Gasteiger charge is 2.15. The van der Waals surface area contributed by atoms with E-state index in [0.717, 1.165) is 0 Å². The molecule has 110 valence electrons. The van der Waals surface area contributed by atoms with Gasteiger partial charge in [-0.05, 0) is 32.9 Å². The maximum absolute atomic E-state index is 11.6. The molecule has 0 heterocycles. The number of amides is 2. The lowest BCUT2D eigenvalue weighted by atomic mass is 10.1. The van der Waals surface area contributed by atoms with Crippen molar-refractivity contribution in [1.82, 2.24) is 10.6 Å². The average Bonchev–Trinajstić information content (AvgIpc) is 2.21. The minimum absolute atomic E-state index is 0.221. The summed E-state index contributed by atoms with van der Waals surface area (Å²) in [5.74, 6) is -0.244. The molecule has 0 atom stereocenters. The van der Waals surface area contributed by atoms with Crippen molar-refractivity contribution in [2.75, 3.05) is 5.32 Å². The molecule has 0 aliphatic rings. The molecule has 0 radical (unpaired) electrons. The van der Waals surface area contributed by atoms with Gasteiger partial charge >= 0.3 is 6.03 Å². The number of rotatable bonds is 1. The summed E-state index contributed by atoms with van der Waals surface area (Å²) in [5, 5.41) is 16.1. The molecule has 0 bridgehead atoms. The molecule has 5 nitrogen and oxygen atoms in total. The van der Waals surface area contributed by atoms with E-state index in [1.807, 2.05) is 20.8 Å². The lowest BCUT2D eigenvalue weighted by Crippen LogP contribution is -2.49. The first-order chi connectivity index (χ1) is 9.08. The quantitative estimate of drug-likeness (QED) is 0.354. The van der Waals surface area contributed by atoms with Crippen molar-refractivity contribution in [2.24, 2.45) is 0 Å². The number of carbonyl (C=O) groups excluding carboxylic acids is 1. The predicted molar refractivity (Wildman–Crippen MR) is 84.2 cm³/mol. The average molecular weight is 338 g/mol. The molecular formula is C12H15Cl3N4O. The zero-order chi connectivity index (χ0) is 15.5. The number of halogens is 3. The highest BCUT2D eigenvalue weighted by atomic mass is 35.5. The minimum Gasteiger partial charge on any atom is -0.333 e. The second-order valence-electron chi connectivity index (χ2n) is 5.08. The van der Waals surface area contributed by atoms with Crippen LogP contribution in [0.25, 0.3) is 0 Å². The first-order valence-electron chi connectivity index (χ1n) is 5.68. The van der Waals surface area contributed by atoms with E-state index in [9.17, 15) is 4.79 Å². The molecule has 8 heteroatoms. The van der Waals surface area contributed by atoms with Crippen LogP contribution in [0.1, 0.15) is 20.8 Å². The molecule has 0 aliphatic carbocycles. The van der Waals surface area contributed by atoms with Crippen LogP contribution < -0.4 is 16.0 Å². The molecule has 0 fully saturated rings. The van der Waals surface area contributed by atoms with Gasteiger partial charge in [-0.25, -0.2) is 4.79 Å². The molecular weight excluding hydrogens is 323 g/mol.